The summed E-state index contributed by atoms with van der Waals surface area (Å²) in [5.74, 6) is -0.351. The van der Waals surface area contributed by atoms with Crippen molar-refractivity contribution in [2.24, 2.45) is 11.5 Å². The minimum absolute atomic E-state index is 0.351. The van der Waals surface area contributed by atoms with Gasteiger partial charge < -0.3 is 11.5 Å². The molecule has 0 saturated heterocycles. The van der Waals surface area contributed by atoms with Crippen LogP contribution >= 0.6 is 0 Å². The van der Waals surface area contributed by atoms with E-state index in [0.29, 0.717) is 6.42 Å². The van der Waals surface area contributed by atoms with Crippen LogP contribution in [0.5, 0.6) is 0 Å². The molecule has 0 aromatic heterocycles. The van der Waals surface area contributed by atoms with Crippen molar-refractivity contribution in [3.05, 3.63) is 0 Å². The van der Waals surface area contributed by atoms with Gasteiger partial charge in [-0.2, -0.15) is 0 Å². The van der Waals surface area contributed by atoms with Gasteiger partial charge in [-0.05, 0) is 12.8 Å². The molecule has 4 N–H and O–H groups in total. The zero-order valence-corrected chi connectivity index (χ0v) is 9.51. The lowest BCUT2D eigenvalue weighted by Gasteiger charge is -2.25. The third-order valence-electron chi connectivity index (χ3n) is 2.66. The zero-order valence-electron chi connectivity index (χ0n) is 9.51. The van der Waals surface area contributed by atoms with Crippen molar-refractivity contribution in [1.29, 1.82) is 0 Å². The molecular formula is C11H24N2O. The lowest BCUT2D eigenvalue weighted by molar-refractivity contribution is -0.123. The second-order valence-electron chi connectivity index (χ2n) is 4.08. The number of nitrogens with two attached hydrogens (primary N) is 2. The minimum atomic E-state index is -0.761. The molecule has 0 aromatic carbocycles. The van der Waals surface area contributed by atoms with E-state index in [2.05, 4.69) is 6.92 Å². The van der Waals surface area contributed by atoms with Crippen LogP contribution in [0.4, 0.5) is 0 Å². The standard InChI is InChI=1S/C11H24N2O/c1-3-5-6-7-9-11(13,8-4-2)10(12)14/h3-9,13H2,1-2H3,(H2,12,14). The highest BCUT2D eigenvalue weighted by Crippen LogP contribution is 2.18. The molecule has 0 fully saturated rings. The monoisotopic (exact) mass is 200 g/mol. The third-order valence-corrected chi connectivity index (χ3v) is 2.66. The van der Waals surface area contributed by atoms with Crippen molar-refractivity contribution in [2.45, 2.75) is 64.3 Å². The fraction of sp³-hybridized carbons (Fsp3) is 0.909. The first-order valence-corrected chi connectivity index (χ1v) is 5.65. The topological polar surface area (TPSA) is 69.1 Å². The Morgan fingerprint density at radius 1 is 1.07 bits per heavy atom. The SMILES string of the molecule is CCCCCCC(N)(CCC)C(N)=O. The Morgan fingerprint density at radius 2 is 1.71 bits per heavy atom. The van der Waals surface area contributed by atoms with Crippen molar-refractivity contribution in [3.8, 4) is 0 Å². The maximum absolute atomic E-state index is 11.2. The summed E-state index contributed by atoms with van der Waals surface area (Å²) in [5.41, 5.74) is 10.5. The third kappa shape index (κ3) is 4.61. The summed E-state index contributed by atoms with van der Waals surface area (Å²) in [6, 6.07) is 0. The summed E-state index contributed by atoms with van der Waals surface area (Å²) in [4.78, 5) is 11.2. The van der Waals surface area contributed by atoms with Gasteiger partial charge in [0.25, 0.3) is 0 Å². The summed E-state index contributed by atoms with van der Waals surface area (Å²) >= 11 is 0. The molecule has 0 heterocycles. The van der Waals surface area contributed by atoms with E-state index in [4.69, 9.17) is 11.5 Å². The van der Waals surface area contributed by atoms with Crippen molar-refractivity contribution >= 4 is 5.91 Å². The number of carbonyl (C=O) groups is 1. The van der Waals surface area contributed by atoms with Gasteiger partial charge >= 0.3 is 0 Å². The lowest BCUT2D eigenvalue weighted by Crippen LogP contribution is -2.51. The van der Waals surface area contributed by atoms with Gasteiger partial charge in [0.2, 0.25) is 5.91 Å². The highest BCUT2D eigenvalue weighted by molar-refractivity contribution is 5.84. The average molecular weight is 200 g/mol. The van der Waals surface area contributed by atoms with Gasteiger partial charge in [-0.3, -0.25) is 4.79 Å². The summed E-state index contributed by atoms with van der Waals surface area (Å²) in [7, 11) is 0. The van der Waals surface area contributed by atoms with Crippen LogP contribution in [0.2, 0.25) is 0 Å². The van der Waals surface area contributed by atoms with Gasteiger partial charge in [-0.25, -0.2) is 0 Å². The Morgan fingerprint density at radius 3 is 2.14 bits per heavy atom. The molecule has 1 amide bonds. The van der Waals surface area contributed by atoms with E-state index in [9.17, 15) is 4.79 Å². The smallest absolute Gasteiger partial charge is 0.237 e. The van der Waals surface area contributed by atoms with Crippen molar-refractivity contribution in [3.63, 3.8) is 0 Å². The van der Waals surface area contributed by atoms with E-state index < -0.39 is 5.54 Å². The molecule has 14 heavy (non-hydrogen) atoms. The van der Waals surface area contributed by atoms with Gasteiger partial charge in [0.1, 0.15) is 0 Å². The van der Waals surface area contributed by atoms with Crippen LogP contribution in [0.3, 0.4) is 0 Å². The van der Waals surface area contributed by atoms with Crippen molar-refractivity contribution in [1.82, 2.24) is 0 Å². The predicted octanol–water partition coefficient (Wildman–Crippen LogP) is 1.94. The predicted molar refractivity (Wildman–Crippen MR) is 59.8 cm³/mol. The molecule has 0 rings (SSSR count). The Balaban J connectivity index is 3.90. The lowest BCUT2D eigenvalue weighted by atomic mass is 9.88. The number of carbonyl (C=O) groups excluding carboxylic acids is 1. The number of hydrogen-bond donors (Lipinski definition) is 2. The van der Waals surface area contributed by atoms with Crippen LogP contribution in [0, 0.1) is 0 Å². The largest absolute Gasteiger partial charge is 0.368 e. The second kappa shape index (κ2) is 6.82. The minimum Gasteiger partial charge on any atom is -0.368 e. The summed E-state index contributed by atoms with van der Waals surface area (Å²) in [6.07, 6.45) is 6.90. The average Bonchev–Trinajstić information content (AvgIpc) is 2.13. The normalized spacial score (nSPS) is 15.1. The molecule has 0 bridgehead atoms. The van der Waals surface area contributed by atoms with Crippen molar-refractivity contribution in [2.75, 3.05) is 0 Å². The van der Waals surface area contributed by atoms with E-state index in [1.165, 1.54) is 12.8 Å². The van der Waals surface area contributed by atoms with Gasteiger partial charge in [-0.15, -0.1) is 0 Å². The number of hydrogen-bond acceptors (Lipinski definition) is 2. The Labute approximate surface area is 87.2 Å². The first kappa shape index (κ1) is 13.4. The molecular weight excluding hydrogens is 176 g/mol. The van der Waals surface area contributed by atoms with E-state index in [1.54, 1.807) is 0 Å². The van der Waals surface area contributed by atoms with Crippen LogP contribution in [0.1, 0.15) is 58.8 Å². The molecule has 0 saturated carbocycles. The van der Waals surface area contributed by atoms with Crippen LogP contribution in [-0.4, -0.2) is 11.4 Å². The van der Waals surface area contributed by atoms with E-state index in [1.807, 2.05) is 6.92 Å². The van der Waals surface area contributed by atoms with Gasteiger partial charge in [0.15, 0.2) is 0 Å². The fourth-order valence-corrected chi connectivity index (χ4v) is 1.68. The summed E-state index contributed by atoms with van der Waals surface area (Å²) in [5, 5.41) is 0. The van der Waals surface area contributed by atoms with Crippen LogP contribution in [0.25, 0.3) is 0 Å². The first-order valence-electron chi connectivity index (χ1n) is 5.65. The maximum Gasteiger partial charge on any atom is 0.237 e. The number of unbranched alkanes of at least 4 members (excludes halogenated alkanes) is 3. The molecule has 3 nitrogen and oxygen atoms in total. The summed E-state index contributed by atoms with van der Waals surface area (Å²) < 4.78 is 0. The molecule has 0 aliphatic rings. The van der Waals surface area contributed by atoms with Crippen LogP contribution in [-0.2, 0) is 4.79 Å². The van der Waals surface area contributed by atoms with E-state index in [0.717, 1.165) is 25.7 Å². The van der Waals surface area contributed by atoms with Gasteiger partial charge in [0.05, 0.1) is 5.54 Å². The molecule has 84 valence electrons. The quantitative estimate of drug-likeness (QED) is 0.588. The second-order valence-corrected chi connectivity index (χ2v) is 4.08. The summed E-state index contributed by atoms with van der Waals surface area (Å²) in [6.45, 7) is 4.19. The number of primary amides is 1. The van der Waals surface area contributed by atoms with E-state index in [-0.39, 0.29) is 5.91 Å². The molecule has 0 aromatic rings. The number of amides is 1. The zero-order chi connectivity index (χ0) is 11.0. The fourth-order valence-electron chi connectivity index (χ4n) is 1.68. The molecule has 1 atom stereocenters. The molecule has 0 spiro atoms. The Bertz CT molecular complexity index is 171. The number of rotatable bonds is 8. The highest BCUT2D eigenvalue weighted by Gasteiger charge is 2.29. The van der Waals surface area contributed by atoms with Crippen molar-refractivity contribution < 1.29 is 4.79 Å². The van der Waals surface area contributed by atoms with Gasteiger partial charge in [-0.1, -0.05) is 46.0 Å². The first-order chi connectivity index (χ1) is 6.56. The molecule has 0 aliphatic heterocycles. The Kier molecular flexibility index (Phi) is 6.54. The van der Waals surface area contributed by atoms with Crippen LogP contribution < -0.4 is 11.5 Å². The molecule has 1 unspecified atom stereocenters. The maximum atomic E-state index is 11.2. The molecule has 3 heteroatoms. The van der Waals surface area contributed by atoms with E-state index >= 15 is 0 Å². The van der Waals surface area contributed by atoms with Gasteiger partial charge in [0, 0.05) is 0 Å². The Hall–Kier alpha value is -0.570. The van der Waals surface area contributed by atoms with Crippen LogP contribution in [0.15, 0.2) is 0 Å². The molecule has 0 radical (unpaired) electrons. The molecule has 0 aliphatic carbocycles. The highest BCUT2D eigenvalue weighted by atomic mass is 16.1.